The van der Waals surface area contributed by atoms with Crippen molar-refractivity contribution in [2.24, 2.45) is 5.92 Å². The van der Waals surface area contributed by atoms with E-state index in [1.165, 1.54) is 5.57 Å². The second-order valence-electron chi connectivity index (χ2n) is 8.36. The van der Waals surface area contributed by atoms with Crippen LogP contribution in [0.15, 0.2) is 96.6 Å². The number of methoxy groups -OCH3 is 1. The number of allylic oxidation sites excluding steroid dienone is 1. The first-order valence-corrected chi connectivity index (χ1v) is 12.0. The van der Waals surface area contributed by atoms with Gasteiger partial charge < -0.3 is 15.0 Å². The number of carbonyl (C=O) groups excluding carboxylic acids is 1. The predicted octanol–water partition coefficient (Wildman–Crippen LogP) is 7.14. The molecule has 4 heteroatoms. The molecule has 180 valence electrons. The van der Waals surface area contributed by atoms with E-state index in [-0.39, 0.29) is 18.0 Å². The van der Waals surface area contributed by atoms with Gasteiger partial charge in [0.05, 0.1) is 7.11 Å². The van der Waals surface area contributed by atoms with Gasteiger partial charge in [0.15, 0.2) is 0 Å². The molecule has 4 nitrogen and oxygen atoms in total. The number of hydrogen-bond acceptors (Lipinski definition) is 2. The Morgan fingerprint density at radius 2 is 1.63 bits per heavy atom. The van der Waals surface area contributed by atoms with Gasteiger partial charge in [-0.2, -0.15) is 0 Å². The first kappa shape index (κ1) is 25.6. The van der Waals surface area contributed by atoms with Crippen LogP contribution >= 0.6 is 0 Å². The smallest absolute Gasteiger partial charge is 0.323 e. The summed E-state index contributed by atoms with van der Waals surface area (Å²) in [5, 5.41) is 3.07. The van der Waals surface area contributed by atoms with Crippen LogP contribution in [0.25, 0.3) is 0 Å². The summed E-state index contributed by atoms with van der Waals surface area (Å²) in [7, 11) is 1.62. The molecule has 0 aliphatic rings. The number of ether oxygens (including phenoxy) is 1. The molecule has 0 aliphatic heterocycles. The summed E-state index contributed by atoms with van der Waals surface area (Å²) in [4.78, 5) is 15.6. The molecule has 0 saturated carbocycles. The van der Waals surface area contributed by atoms with Gasteiger partial charge in [0.25, 0.3) is 0 Å². The summed E-state index contributed by atoms with van der Waals surface area (Å²) in [6.45, 7) is 6.80. The van der Waals surface area contributed by atoms with Crippen molar-refractivity contribution in [3.05, 3.63) is 108 Å². The minimum Gasteiger partial charge on any atom is -0.497 e. The van der Waals surface area contributed by atoms with E-state index in [1.54, 1.807) is 7.11 Å². The second-order valence-corrected chi connectivity index (χ2v) is 8.36. The average molecular weight is 467 g/mol. The standard InChI is InChI=1S/C31H34N2O2/c1-5-27(6-2)24(3)30(22-17-25-13-9-7-10-14-25)33(23-26-15-11-8-12-16-26)31(34)32-28-18-20-29(35-4)21-19-28/h5,7-16,18-21,24,30H,6,23H2,1-4H3,(H,32,34)/b27-5+. The van der Waals surface area contributed by atoms with Gasteiger partial charge in [-0.15, -0.1) is 0 Å². The number of hydrogen-bond donors (Lipinski definition) is 1. The highest BCUT2D eigenvalue weighted by Gasteiger charge is 2.29. The molecule has 0 aliphatic carbocycles. The summed E-state index contributed by atoms with van der Waals surface area (Å²) in [6, 6.07) is 26.8. The molecule has 1 N–H and O–H groups in total. The molecule has 0 fully saturated rings. The maximum Gasteiger partial charge on any atom is 0.323 e. The van der Waals surface area contributed by atoms with Gasteiger partial charge in [-0.05, 0) is 55.3 Å². The lowest BCUT2D eigenvalue weighted by Crippen LogP contribution is -2.45. The normalized spacial score (nSPS) is 12.6. The molecule has 3 aromatic rings. The zero-order valence-electron chi connectivity index (χ0n) is 21.0. The monoisotopic (exact) mass is 466 g/mol. The number of benzene rings is 3. The fraction of sp³-hybridized carbons (Fsp3) is 0.258. The van der Waals surface area contributed by atoms with E-state index in [0.29, 0.717) is 12.2 Å². The highest BCUT2D eigenvalue weighted by Crippen LogP contribution is 2.25. The van der Waals surface area contributed by atoms with E-state index < -0.39 is 0 Å². The fourth-order valence-corrected chi connectivity index (χ4v) is 4.09. The number of carbonyl (C=O) groups is 1. The van der Waals surface area contributed by atoms with Crippen LogP contribution < -0.4 is 10.1 Å². The molecule has 35 heavy (non-hydrogen) atoms. The van der Waals surface area contributed by atoms with E-state index in [0.717, 1.165) is 23.3 Å². The first-order chi connectivity index (χ1) is 17.0. The molecule has 2 amide bonds. The van der Waals surface area contributed by atoms with Gasteiger partial charge >= 0.3 is 6.03 Å². The second kappa shape index (κ2) is 13.1. The quantitative estimate of drug-likeness (QED) is 0.283. The van der Waals surface area contributed by atoms with Gasteiger partial charge in [-0.1, -0.05) is 85.9 Å². The van der Waals surface area contributed by atoms with Crippen LogP contribution in [0.1, 0.15) is 38.3 Å². The fourth-order valence-electron chi connectivity index (χ4n) is 4.09. The molecule has 0 saturated heterocycles. The van der Waals surface area contributed by atoms with Crippen molar-refractivity contribution in [3.63, 3.8) is 0 Å². The highest BCUT2D eigenvalue weighted by atomic mass is 16.5. The van der Waals surface area contributed by atoms with Crippen LogP contribution in [-0.4, -0.2) is 24.1 Å². The predicted molar refractivity (Wildman–Crippen MR) is 144 cm³/mol. The van der Waals surface area contributed by atoms with E-state index in [1.807, 2.05) is 89.8 Å². The summed E-state index contributed by atoms with van der Waals surface area (Å²) in [6.07, 6.45) is 3.05. The number of amides is 2. The maximum absolute atomic E-state index is 13.7. The minimum absolute atomic E-state index is 0.0616. The summed E-state index contributed by atoms with van der Waals surface area (Å²) < 4.78 is 5.25. The molecular formula is C31H34N2O2. The van der Waals surface area contributed by atoms with Gasteiger partial charge in [-0.3, -0.25) is 0 Å². The van der Waals surface area contributed by atoms with Crippen LogP contribution in [0.4, 0.5) is 10.5 Å². The van der Waals surface area contributed by atoms with Crippen LogP contribution in [0.2, 0.25) is 0 Å². The lowest BCUT2D eigenvalue weighted by atomic mass is 9.89. The van der Waals surface area contributed by atoms with E-state index in [4.69, 9.17) is 4.74 Å². The van der Waals surface area contributed by atoms with Crippen molar-refractivity contribution < 1.29 is 9.53 Å². The lowest BCUT2D eigenvalue weighted by Gasteiger charge is -2.34. The van der Waals surface area contributed by atoms with E-state index in [9.17, 15) is 4.79 Å². The maximum atomic E-state index is 13.7. The number of nitrogens with zero attached hydrogens (tertiary/aromatic N) is 1. The largest absolute Gasteiger partial charge is 0.497 e. The zero-order valence-corrected chi connectivity index (χ0v) is 21.0. The Kier molecular flexibility index (Phi) is 9.57. The Morgan fingerprint density at radius 3 is 2.20 bits per heavy atom. The molecule has 0 radical (unpaired) electrons. The van der Waals surface area contributed by atoms with Crippen molar-refractivity contribution in [3.8, 4) is 17.6 Å². The highest BCUT2D eigenvalue weighted by molar-refractivity contribution is 5.90. The van der Waals surface area contributed by atoms with Crippen LogP contribution in [0.3, 0.4) is 0 Å². The summed E-state index contributed by atoms with van der Waals surface area (Å²) in [5.41, 5.74) is 3.96. The minimum atomic E-state index is -0.320. The van der Waals surface area contributed by atoms with Crippen LogP contribution in [0, 0.1) is 17.8 Å². The van der Waals surface area contributed by atoms with Gasteiger partial charge in [0.1, 0.15) is 11.8 Å². The molecule has 0 spiro atoms. The molecular weight excluding hydrogens is 432 g/mol. The molecule has 0 aromatic heterocycles. The zero-order chi connectivity index (χ0) is 25.0. The Bertz CT molecular complexity index is 1160. The summed E-state index contributed by atoms with van der Waals surface area (Å²) in [5.74, 6) is 7.56. The molecule has 2 atom stereocenters. The third-order valence-corrected chi connectivity index (χ3v) is 6.11. The van der Waals surface area contributed by atoms with E-state index >= 15 is 0 Å². The van der Waals surface area contributed by atoms with E-state index in [2.05, 4.69) is 44.0 Å². The Morgan fingerprint density at radius 1 is 1.00 bits per heavy atom. The number of urea groups is 1. The number of anilines is 1. The Labute approximate surface area is 209 Å². The Hall–Kier alpha value is -3.97. The third-order valence-electron chi connectivity index (χ3n) is 6.11. The number of nitrogens with one attached hydrogen (secondary N) is 1. The van der Waals surface area contributed by atoms with Crippen molar-refractivity contribution in [1.82, 2.24) is 4.90 Å². The SMILES string of the molecule is C/C=C(\CC)C(C)C(C#Cc1ccccc1)N(Cc1ccccc1)C(=O)Nc1ccc(OC)cc1. The molecule has 0 bridgehead atoms. The molecule has 3 aromatic carbocycles. The van der Waals surface area contributed by atoms with Crippen molar-refractivity contribution in [2.75, 3.05) is 12.4 Å². The lowest BCUT2D eigenvalue weighted by molar-refractivity contribution is 0.186. The Balaban J connectivity index is 2.01. The molecule has 2 unspecified atom stereocenters. The molecule has 3 rings (SSSR count). The molecule has 0 heterocycles. The van der Waals surface area contributed by atoms with Crippen molar-refractivity contribution >= 4 is 11.7 Å². The van der Waals surface area contributed by atoms with Crippen molar-refractivity contribution in [2.45, 2.75) is 39.8 Å². The van der Waals surface area contributed by atoms with Gasteiger partial charge in [-0.25, -0.2) is 4.79 Å². The average Bonchev–Trinajstić information content (AvgIpc) is 2.90. The third kappa shape index (κ3) is 7.25. The number of rotatable bonds is 8. The van der Waals surface area contributed by atoms with Crippen LogP contribution in [0.5, 0.6) is 5.75 Å². The van der Waals surface area contributed by atoms with Crippen molar-refractivity contribution in [1.29, 1.82) is 0 Å². The van der Waals surface area contributed by atoms with Crippen LogP contribution in [-0.2, 0) is 6.54 Å². The topological polar surface area (TPSA) is 41.6 Å². The summed E-state index contributed by atoms with van der Waals surface area (Å²) >= 11 is 0. The van der Waals surface area contributed by atoms with Gasteiger partial charge in [0.2, 0.25) is 0 Å². The first-order valence-electron chi connectivity index (χ1n) is 12.0. The van der Waals surface area contributed by atoms with Gasteiger partial charge in [0, 0.05) is 23.7 Å².